The third-order valence-electron chi connectivity index (χ3n) is 3.49. The molecule has 1 unspecified atom stereocenters. The quantitative estimate of drug-likeness (QED) is 0.892. The summed E-state index contributed by atoms with van der Waals surface area (Å²) in [6.07, 6.45) is -0.695. The average molecular weight is 299 g/mol. The van der Waals surface area contributed by atoms with E-state index in [1.807, 2.05) is 37.3 Å². The van der Waals surface area contributed by atoms with Crippen LogP contribution in [0.25, 0.3) is 0 Å². The van der Waals surface area contributed by atoms with Crippen molar-refractivity contribution < 1.29 is 14.6 Å². The Morgan fingerprint density at radius 1 is 1.18 bits per heavy atom. The topological polar surface area (TPSA) is 49.8 Å². The van der Waals surface area contributed by atoms with E-state index in [0.29, 0.717) is 17.9 Å². The first kappa shape index (κ1) is 16.0. The van der Waals surface area contributed by atoms with Crippen LogP contribution in [-0.4, -0.2) is 36.1 Å². The van der Waals surface area contributed by atoms with Crippen molar-refractivity contribution in [1.29, 1.82) is 0 Å². The highest BCUT2D eigenvalue weighted by Crippen LogP contribution is 2.18. The number of carbonyl (C=O) groups excluding carboxylic acids is 1. The number of rotatable bonds is 6. The van der Waals surface area contributed by atoms with Gasteiger partial charge in [-0.2, -0.15) is 0 Å². The van der Waals surface area contributed by atoms with Crippen LogP contribution in [0.5, 0.6) is 5.75 Å². The predicted octanol–water partition coefficient (Wildman–Crippen LogP) is 2.89. The maximum absolute atomic E-state index is 12.1. The molecule has 4 nitrogen and oxygen atoms in total. The van der Waals surface area contributed by atoms with Gasteiger partial charge in [-0.3, -0.25) is 4.79 Å². The highest BCUT2D eigenvalue weighted by Gasteiger charge is 2.12. The summed E-state index contributed by atoms with van der Waals surface area (Å²) in [5.74, 6) is 0.530. The molecule has 0 spiro atoms. The molecule has 0 heterocycles. The Morgan fingerprint density at radius 2 is 1.91 bits per heavy atom. The lowest BCUT2D eigenvalue weighted by Gasteiger charge is -2.16. The van der Waals surface area contributed by atoms with Crippen LogP contribution in [0.1, 0.15) is 28.9 Å². The molecular formula is C18H21NO3. The third-order valence-corrected chi connectivity index (χ3v) is 3.49. The number of hydrogen-bond acceptors (Lipinski definition) is 3. The SMILES string of the molecule is CCN(C)C(=O)c1cccc(OCC(O)c2ccccc2)c1. The van der Waals surface area contributed by atoms with Gasteiger partial charge in [-0.1, -0.05) is 36.4 Å². The lowest BCUT2D eigenvalue weighted by Crippen LogP contribution is -2.26. The maximum atomic E-state index is 12.1. The average Bonchev–Trinajstić information content (AvgIpc) is 2.59. The zero-order valence-corrected chi connectivity index (χ0v) is 12.9. The van der Waals surface area contributed by atoms with E-state index >= 15 is 0 Å². The number of carbonyl (C=O) groups is 1. The molecule has 22 heavy (non-hydrogen) atoms. The van der Waals surface area contributed by atoms with Crippen LogP contribution in [0.3, 0.4) is 0 Å². The molecule has 2 rings (SSSR count). The molecule has 2 aromatic carbocycles. The normalized spacial score (nSPS) is 11.8. The van der Waals surface area contributed by atoms with Gasteiger partial charge in [0.15, 0.2) is 0 Å². The Morgan fingerprint density at radius 3 is 2.59 bits per heavy atom. The number of ether oxygens (including phenoxy) is 1. The molecule has 0 bridgehead atoms. The van der Waals surface area contributed by atoms with Gasteiger partial charge in [0.2, 0.25) is 0 Å². The number of aliphatic hydroxyl groups is 1. The summed E-state index contributed by atoms with van der Waals surface area (Å²) in [7, 11) is 1.76. The van der Waals surface area contributed by atoms with Crippen molar-refractivity contribution >= 4 is 5.91 Å². The predicted molar refractivity (Wildman–Crippen MR) is 86.0 cm³/mol. The largest absolute Gasteiger partial charge is 0.491 e. The highest BCUT2D eigenvalue weighted by molar-refractivity contribution is 5.94. The fourth-order valence-corrected chi connectivity index (χ4v) is 2.03. The van der Waals surface area contributed by atoms with Gasteiger partial charge in [-0.05, 0) is 30.7 Å². The van der Waals surface area contributed by atoms with Gasteiger partial charge in [-0.25, -0.2) is 0 Å². The molecular weight excluding hydrogens is 278 g/mol. The third kappa shape index (κ3) is 4.09. The van der Waals surface area contributed by atoms with E-state index in [-0.39, 0.29) is 12.5 Å². The summed E-state index contributed by atoms with van der Waals surface area (Å²) in [6, 6.07) is 16.4. The molecule has 1 amide bonds. The lowest BCUT2D eigenvalue weighted by atomic mass is 10.1. The minimum atomic E-state index is -0.695. The van der Waals surface area contributed by atoms with Gasteiger partial charge in [-0.15, -0.1) is 0 Å². The monoisotopic (exact) mass is 299 g/mol. The Bertz CT molecular complexity index is 613. The van der Waals surface area contributed by atoms with E-state index < -0.39 is 6.10 Å². The summed E-state index contributed by atoms with van der Waals surface area (Å²) in [6.45, 7) is 2.72. The molecule has 0 aliphatic rings. The molecule has 116 valence electrons. The van der Waals surface area contributed by atoms with E-state index in [0.717, 1.165) is 5.56 Å². The molecule has 0 radical (unpaired) electrons. The summed E-state index contributed by atoms with van der Waals surface area (Å²) in [5.41, 5.74) is 1.39. The first-order chi connectivity index (χ1) is 10.6. The molecule has 0 saturated carbocycles. The first-order valence-electron chi connectivity index (χ1n) is 7.33. The van der Waals surface area contributed by atoms with Crippen LogP contribution >= 0.6 is 0 Å². The summed E-state index contributed by atoms with van der Waals surface area (Å²) >= 11 is 0. The summed E-state index contributed by atoms with van der Waals surface area (Å²) in [4.78, 5) is 13.7. The van der Waals surface area contributed by atoms with E-state index in [4.69, 9.17) is 4.74 Å². The minimum absolute atomic E-state index is 0.0449. The fraction of sp³-hybridized carbons (Fsp3) is 0.278. The van der Waals surface area contributed by atoms with Gasteiger partial charge in [0.05, 0.1) is 0 Å². The van der Waals surface area contributed by atoms with Crippen LogP contribution in [0.15, 0.2) is 54.6 Å². The Hall–Kier alpha value is -2.33. The first-order valence-corrected chi connectivity index (χ1v) is 7.33. The summed E-state index contributed by atoms with van der Waals surface area (Å²) in [5, 5.41) is 10.1. The van der Waals surface area contributed by atoms with Crippen LogP contribution in [0.4, 0.5) is 0 Å². The molecule has 0 aromatic heterocycles. The fourth-order valence-electron chi connectivity index (χ4n) is 2.03. The standard InChI is InChI=1S/C18H21NO3/c1-3-19(2)18(21)15-10-7-11-16(12-15)22-13-17(20)14-8-5-4-6-9-14/h4-12,17,20H,3,13H2,1-2H3. The van der Waals surface area contributed by atoms with Crippen molar-refractivity contribution in [3.05, 3.63) is 65.7 Å². The van der Waals surface area contributed by atoms with Gasteiger partial charge < -0.3 is 14.7 Å². The van der Waals surface area contributed by atoms with Gasteiger partial charge >= 0.3 is 0 Å². The van der Waals surface area contributed by atoms with Crippen molar-refractivity contribution in [3.63, 3.8) is 0 Å². The molecule has 1 N–H and O–H groups in total. The summed E-state index contributed by atoms with van der Waals surface area (Å²) < 4.78 is 5.61. The second kappa shape index (κ2) is 7.61. The molecule has 0 fully saturated rings. The maximum Gasteiger partial charge on any atom is 0.253 e. The van der Waals surface area contributed by atoms with Crippen molar-refractivity contribution in [2.75, 3.05) is 20.2 Å². The molecule has 4 heteroatoms. The van der Waals surface area contributed by atoms with Crippen molar-refractivity contribution in [1.82, 2.24) is 4.90 Å². The zero-order valence-electron chi connectivity index (χ0n) is 12.9. The van der Waals surface area contributed by atoms with Crippen LogP contribution < -0.4 is 4.74 Å². The number of aliphatic hydroxyl groups excluding tert-OH is 1. The van der Waals surface area contributed by atoms with E-state index in [1.165, 1.54) is 0 Å². The minimum Gasteiger partial charge on any atom is -0.491 e. The van der Waals surface area contributed by atoms with Crippen LogP contribution in [-0.2, 0) is 0 Å². The van der Waals surface area contributed by atoms with Crippen LogP contribution in [0.2, 0.25) is 0 Å². The van der Waals surface area contributed by atoms with Gasteiger partial charge in [0.25, 0.3) is 5.91 Å². The smallest absolute Gasteiger partial charge is 0.253 e. The number of benzene rings is 2. The Labute approximate surface area is 131 Å². The van der Waals surface area contributed by atoms with E-state index in [2.05, 4.69) is 0 Å². The van der Waals surface area contributed by atoms with Gasteiger partial charge in [0, 0.05) is 19.2 Å². The van der Waals surface area contributed by atoms with Crippen molar-refractivity contribution in [2.45, 2.75) is 13.0 Å². The molecule has 1 atom stereocenters. The molecule has 0 saturated heterocycles. The second-order valence-electron chi connectivity index (χ2n) is 5.08. The van der Waals surface area contributed by atoms with E-state index in [9.17, 15) is 9.90 Å². The number of hydrogen-bond donors (Lipinski definition) is 1. The second-order valence-corrected chi connectivity index (χ2v) is 5.08. The zero-order chi connectivity index (χ0) is 15.9. The highest BCUT2D eigenvalue weighted by atomic mass is 16.5. The number of amides is 1. The molecule has 0 aliphatic carbocycles. The molecule has 0 aliphatic heterocycles. The number of nitrogens with zero attached hydrogens (tertiary/aromatic N) is 1. The Balaban J connectivity index is 2.00. The Kier molecular flexibility index (Phi) is 5.55. The van der Waals surface area contributed by atoms with Crippen LogP contribution in [0, 0.1) is 0 Å². The molecule has 2 aromatic rings. The van der Waals surface area contributed by atoms with Crippen molar-refractivity contribution in [2.24, 2.45) is 0 Å². The van der Waals surface area contributed by atoms with E-state index in [1.54, 1.807) is 36.2 Å². The lowest BCUT2D eigenvalue weighted by molar-refractivity contribution is 0.0801. The van der Waals surface area contributed by atoms with Gasteiger partial charge in [0.1, 0.15) is 18.5 Å². The van der Waals surface area contributed by atoms with Crippen molar-refractivity contribution in [3.8, 4) is 5.75 Å².